The molecule has 1 saturated heterocycles. The predicted octanol–water partition coefficient (Wildman–Crippen LogP) is 5.29. The van der Waals surface area contributed by atoms with E-state index >= 15 is 0 Å². The van der Waals surface area contributed by atoms with Crippen LogP contribution in [0.15, 0.2) is 71.6 Å². The van der Waals surface area contributed by atoms with Gasteiger partial charge in [0.05, 0.1) is 11.8 Å². The second-order valence-corrected chi connectivity index (χ2v) is 10.1. The molecule has 1 amide bonds. The van der Waals surface area contributed by atoms with Crippen molar-refractivity contribution in [1.82, 2.24) is 4.90 Å². The van der Waals surface area contributed by atoms with Crippen LogP contribution in [0.5, 0.6) is 5.75 Å². The Hall–Kier alpha value is -2.96. The Balaban J connectivity index is 1.22. The second-order valence-electron chi connectivity index (χ2n) is 9.62. The molecule has 5 nitrogen and oxygen atoms in total. The van der Waals surface area contributed by atoms with E-state index in [4.69, 9.17) is 4.74 Å². The number of piperazine rings is 1. The number of hydrogen-bond donors (Lipinski definition) is 1. The van der Waals surface area contributed by atoms with E-state index in [0.717, 1.165) is 67.6 Å². The second kappa shape index (κ2) is 10.3. The predicted molar refractivity (Wildman–Crippen MR) is 145 cm³/mol. The van der Waals surface area contributed by atoms with Crippen molar-refractivity contribution in [2.24, 2.45) is 0 Å². The maximum Gasteiger partial charge on any atom is 0.258 e. The van der Waals surface area contributed by atoms with Crippen LogP contribution < -0.4 is 14.5 Å². The largest absolute Gasteiger partial charge is 0.489 e. The molecule has 1 fully saturated rings. The normalized spacial score (nSPS) is 16.0. The molecule has 0 atom stereocenters. The third-order valence-corrected chi connectivity index (χ3v) is 7.00. The number of ether oxygens (including phenoxy) is 1. The number of carbonyl (C=O) groups excluding carboxylic acids is 1. The van der Waals surface area contributed by atoms with Crippen molar-refractivity contribution in [3.8, 4) is 5.75 Å². The van der Waals surface area contributed by atoms with Crippen LogP contribution in [0.2, 0.25) is 0 Å². The molecule has 182 valence electrons. The molecule has 0 saturated carbocycles. The summed E-state index contributed by atoms with van der Waals surface area (Å²) in [6.45, 7) is 9.54. The lowest BCUT2D eigenvalue weighted by Crippen LogP contribution is -2.46. The van der Waals surface area contributed by atoms with E-state index < -0.39 is 0 Å². The maximum absolute atomic E-state index is 13.3. The Morgan fingerprint density at radius 3 is 2.51 bits per heavy atom. The van der Waals surface area contributed by atoms with Crippen LogP contribution in [0, 0.1) is 0 Å². The van der Waals surface area contributed by atoms with Gasteiger partial charge in [-0.25, -0.2) is 0 Å². The molecule has 35 heavy (non-hydrogen) atoms. The van der Waals surface area contributed by atoms with E-state index in [-0.39, 0.29) is 12.0 Å². The van der Waals surface area contributed by atoms with Crippen molar-refractivity contribution in [2.45, 2.75) is 37.8 Å². The Morgan fingerprint density at radius 2 is 1.71 bits per heavy atom. The highest BCUT2D eigenvalue weighted by atomic mass is 32.1. The zero-order valence-corrected chi connectivity index (χ0v) is 21.4. The number of anilines is 2. The molecule has 0 spiro atoms. The van der Waals surface area contributed by atoms with Crippen LogP contribution in [0.1, 0.15) is 35.3 Å². The van der Waals surface area contributed by atoms with E-state index in [1.807, 2.05) is 35.2 Å². The van der Waals surface area contributed by atoms with Crippen molar-refractivity contribution in [3.63, 3.8) is 0 Å². The number of nitrogens with zero attached hydrogens (tertiary/aromatic N) is 3. The van der Waals surface area contributed by atoms with Crippen LogP contribution in [0.3, 0.4) is 0 Å². The topological polar surface area (TPSA) is 36.0 Å². The third kappa shape index (κ3) is 5.34. The van der Waals surface area contributed by atoms with Gasteiger partial charge in [0.2, 0.25) is 0 Å². The molecular weight excluding hydrogens is 454 g/mol. The molecule has 3 aromatic carbocycles. The summed E-state index contributed by atoms with van der Waals surface area (Å²) in [5.41, 5.74) is 5.31. The fraction of sp³-hybridized carbons (Fsp3) is 0.345. The van der Waals surface area contributed by atoms with Crippen LogP contribution in [0.25, 0.3) is 0 Å². The summed E-state index contributed by atoms with van der Waals surface area (Å²) in [7, 11) is 0. The molecule has 0 unspecified atom stereocenters. The molecule has 6 heteroatoms. The number of para-hydroxylation sites is 2. The van der Waals surface area contributed by atoms with Gasteiger partial charge in [0.15, 0.2) is 0 Å². The molecule has 2 heterocycles. The first-order valence-electron chi connectivity index (χ1n) is 12.4. The molecule has 2 aliphatic rings. The molecule has 2 aliphatic heterocycles. The van der Waals surface area contributed by atoms with Crippen molar-refractivity contribution < 1.29 is 9.53 Å². The lowest BCUT2D eigenvalue weighted by Gasteiger charge is -2.37. The van der Waals surface area contributed by atoms with E-state index in [0.29, 0.717) is 0 Å². The van der Waals surface area contributed by atoms with E-state index in [1.165, 1.54) is 16.8 Å². The summed E-state index contributed by atoms with van der Waals surface area (Å²) in [5.74, 6) is 1.03. The SMILES string of the molecule is CC(C)Oc1ccccc1N1CCN(Cc2cccc(C(=O)N3CCc4cc(S)ccc43)c2)CC1. The molecule has 0 radical (unpaired) electrons. The summed E-state index contributed by atoms with van der Waals surface area (Å²) in [5, 5.41) is 0. The fourth-order valence-electron chi connectivity index (χ4n) is 5.03. The summed E-state index contributed by atoms with van der Waals surface area (Å²) >= 11 is 4.44. The standard InChI is InChI=1S/C29H33N3O2S/c1-21(2)34-28-9-4-3-8-27(28)31-16-14-30(15-17-31)20-22-6-5-7-24(18-22)29(33)32-13-12-23-19-25(35)10-11-26(23)32/h3-11,18-19,21,35H,12-17,20H2,1-2H3. The zero-order chi connectivity index (χ0) is 24.4. The maximum atomic E-state index is 13.3. The minimum Gasteiger partial charge on any atom is -0.489 e. The highest BCUT2D eigenvalue weighted by Gasteiger charge is 2.26. The van der Waals surface area contributed by atoms with E-state index in [1.54, 1.807) is 0 Å². The van der Waals surface area contributed by atoms with Gasteiger partial charge in [-0.05, 0) is 73.9 Å². The molecule has 3 aromatic rings. The summed E-state index contributed by atoms with van der Waals surface area (Å²) in [6.07, 6.45) is 1.03. The van der Waals surface area contributed by atoms with Gasteiger partial charge in [-0.2, -0.15) is 0 Å². The van der Waals surface area contributed by atoms with Gasteiger partial charge in [0.25, 0.3) is 5.91 Å². The first kappa shape index (κ1) is 23.8. The minimum atomic E-state index is 0.0732. The van der Waals surface area contributed by atoms with Crippen LogP contribution in [-0.4, -0.2) is 49.6 Å². The Bertz CT molecular complexity index is 1200. The van der Waals surface area contributed by atoms with Gasteiger partial charge in [-0.1, -0.05) is 24.3 Å². The van der Waals surface area contributed by atoms with Crippen molar-refractivity contribution in [1.29, 1.82) is 0 Å². The van der Waals surface area contributed by atoms with Gasteiger partial charge in [0, 0.05) is 55.4 Å². The van der Waals surface area contributed by atoms with E-state index in [9.17, 15) is 4.79 Å². The quantitative estimate of drug-likeness (QED) is 0.480. The molecule has 5 rings (SSSR count). The molecule has 0 aromatic heterocycles. The smallest absolute Gasteiger partial charge is 0.258 e. The Morgan fingerprint density at radius 1 is 0.914 bits per heavy atom. The van der Waals surface area contributed by atoms with Gasteiger partial charge in [-0.15, -0.1) is 12.6 Å². The number of carbonyl (C=O) groups is 1. The highest BCUT2D eigenvalue weighted by Crippen LogP contribution is 2.32. The van der Waals surface area contributed by atoms with Crippen molar-refractivity contribution in [3.05, 3.63) is 83.4 Å². The summed E-state index contributed by atoms with van der Waals surface area (Å²) < 4.78 is 6.03. The molecular formula is C29H33N3O2S. The van der Waals surface area contributed by atoms with Crippen LogP contribution >= 0.6 is 12.6 Å². The molecule has 0 bridgehead atoms. The Kier molecular flexibility index (Phi) is 7.02. The van der Waals surface area contributed by atoms with Crippen LogP contribution in [-0.2, 0) is 13.0 Å². The van der Waals surface area contributed by atoms with Crippen molar-refractivity contribution >= 4 is 29.9 Å². The average Bonchev–Trinajstić information content (AvgIpc) is 3.27. The number of hydrogen-bond acceptors (Lipinski definition) is 5. The summed E-state index contributed by atoms with van der Waals surface area (Å²) in [6, 6.07) is 22.5. The molecule has 0 N–H and O–H groups in total. The number of thiol groups is 1. The van der Waals surface area contributed by atoms with Gasteiger partial charge in [0.1, 0.15) is 5.75 Å². The number of fused-ring (bicyclic) bond motifs is 1. The average molecular weight is 488 g/mol. The van der Waals surface area contributed by atoms with Gasteiger partial charge in [-0.3, -0.25) is 9.69 Å². The number of benzene rings is 3. The number of rotatable bonds is 6. The minimum absolute atomic E-state index is 0.0732. The fourth-order valence-corrected chi connectivity index (χ4v) is 5.27. The third-order valence-electron chi connectivity index (χ3n) is 6.72. The van der Waals surface area contributed by atoms with E-state index in [2.05, 4.69) is 72.7 Å². The Labute approximate surface area is 213 Å². The lowest BCUT2D eigenvalue weighted by molar-refractivity contribution is 0.0989. The highest BCUT2D eigenvalue weighted by molar-refractivity contribution is 7.80. The van der Waals surface area contributed by atoms with Crippen LogP contribution in [0.4, 0.5) is 11.4 Å². The first-order valence-corrected chi connectivity index (χ1v) is 12.9. The number of amides is 1. The van der Waals surface area contributed by atoms with Gasteiger partial charge >= 0.3 is 0 Å². The molecule has 0 aliphatic carbocycles. The monoisotopic (exact) mass is 487 g/mol. The lowest BCUT2D eigenvalue weighted by atomic mass is 10.1. The van der Waals surface area contributed by atoms with Gasteiger partial charge < -0.3 is 14.5 Å². The zero-order valence-electron chi connectivity index (χ0n) is 20.5. The summed E-state index contributed by atoms with van der Waals surface area (Å²) in [4.78, 5) is 21.0. The first-order chi connectivity index (χ1) is 17.0. The van der Waals surface area contributed by atoms with Crippen molar-refractivity contribution in [2.75, 3.05) is 42.5 Å².